The fourth-order valence-corrected chi connectivity index (χ4v) is 0.573. The van der Waals surface area contributed by atoms with Gasteiger partial charge in [-0.25, -0.2) is 0 Å². The van der Waals surface area contributed by atoms with Crippen LogP contribution in [0, 0.1) is 0 Å². The van der Waals surface area contributed by atoms with Gasteiger partial charge in [0.1, 0.15) is 5.75 Å². The number of anilines is 2. The van der Waals surface area contributed by atoms with E-state index in [2.05, 4.69) is 0 Å². The van der Waals surface area contributed by atoms with Crippen LogP contribution in [0.1, 0.15) is 0 Å². The quantitative estimate of drug-likeness (QED) is 0.384. The number of hydrogen-bond acceptors (Lipinski definition) is 3. The highest BCUT2D eigenvalue weighted by atomic mass is 35.5. The molecular formula is C6H12Cl4N2O. The van der Waals surface area contributed by atoms with E-state index in [1.54, 1.807) is 6.07 Å². The first-order chi connectivity index (χ1) is 4.20. The van der Waals surface area contributed by atoms with Crippen LogP contribution in [0.2, 0.25) is 0 Å². The van der Waals surface area contributed by atoms with Crippen LogP contribution in [-0.2, 0) is 0 Å². The van der Waals surface area contributed by atoms with Crippen LogP contribution in [0.3, 0.4) is 0 Å². The second kappa shape index (κ2) is 9.86. The number of phenolic OH excluding ortho intramolecular Hbond substituents is 1. The van der Waals surface area contributed by atoms with Crippen LogP contribution in [0.25, 0.3) is 0 Å². The van der Waals surface area contributed by atoms with Crippen molar-refractivity contribution in [2.45, 2.75) is 0 Å². The minimum absolute atomic E-state index is 0. The van der Waals surface area contributed by atoms with Crippen LogP contribution >= 0.6 is 49.6 Å². The topological polar surface area (TPSA) is 72.3 Å². The Morgan fingerprint density at radius 2 is 1.38 bits per heavy atom. The first-order valence-corrected chi connectivity index (χ1v) is 2.54. The van der Waals surface area contributed by atoms with Gasteiger partial charge in [-0.2, -0.15) is 0 Å². The summed E-state index contributed by atoms with van der Waals surface area (Å²) < 4.78 is 0. The Balaban J connectivity index is -0.000000101. The lowest BCUT2D eigenvalue weighted by Gasteiger charge is -1.97. The van der Waals surface area contributed by atoms with E-state index in [1.165, 1.54) is 12.1 Å². The molecule has 0 radical (unpaired) electrons. The number of phenols is 1. The summed E-state index contributed by atoms with van der Waals surface area (Å²) in [6.07, 6.45) is 0. The van der Waals surface area contributed by atoms with Gasteiger partial charge in [-0.15, -0.1) is 49.6 Å². The Bertz CT molecular complexity index is 234. The van der Waals surface area contributed by atoms with Crippen molar-refractivity contribution in [2.24, 2.45) is 0 Å². The van der Waals surface area contributed by atoms with Gasteiger partial charge in [0.25, 0.3) is 0 Å². The highest BCUT2D eigenvalue weighted by molar-refractivity contribution is 5.86. The molecule has 7 heteroatoms. The van der Waals surface area contributed by atoms with E-state index in [0.717, 1.165) is 0 Å². The van der Waals surface area contributed by atoms with Gasteiger partial charge < -0.3 is 16.6 Å². The molecule has 3 nitrogen and oxygen atoms in total. The standard InChI is InChI=1S/C6H8N2O.4ClH/c7-4-1-2-6(9)5(8)3-4;;;;/h1-3,9H,7-8H2;4*1H. The zero-order chi connectivity index (χ0) is 6.85. The SMILES string of the molecule is Cl.Cl.Cl.Cl.Nc1ccc(O)c(N)c1. The molecule has 1 rings (SSSR count). The molecule has 1 aromatic carbocycles. The molecule has 80 valence electrons. The van der Waals surface area contributed by atoms with Gasteiger partial charge in [-0.3, -0.25) is 0 Å². The Morgan fingerprint density at radius 3 is 1.69 bits per heavy atom. The lowest BCUT2D eigenvalue weighted by Crippen LogP contribution is -1.88. The predicted octanol–water partition coefficient (Wildman–Crippen LogP) is 2.24. The molecule has 0 saturated carbocycles. The minimum atomic E-state index is 0. The average Bonchev–Trinajstić information content (AvgIpc) is 1.80. The fourth-order valence-electron chi connectivity index (χ4n) is 0.573. The fraction of sp³-hybridized carbons (Fsp3) is 0. The number of halogens is 4. The third-order valence-corrected chi connectivity index (χ3v) is 1.05. The molecule has 13 heavy (non-hydrogen) atoms. The van der Waals surface area contributed by atoms with Crippen LogP contribution in [-0.4, -0.2) is 5.11 Å². The van der Waals surface area contributed by atoms with E-state index in [1.807, 2.05) is 0 Å². The molecular weight excluding hydrogens is 258 g/mol. The van der Waals surface area contributed by atoms with Crippen molar-refractivity contribution in [3.8, 4) is 5.75 Å². The van der Waals surface area contributed by atoms with Crippen molar-refractivity contribution >= 4 is 61.0 Å². The van der Waals surface area contributed by atoms with Crippen molar-refractivity contribution in [2.75, 3.05) is 11.5 Å². The number of hydrogen-bond donors (Lipinski definition) is 3. The molecule has 0 atom stereocenters. The van der Waals surface area contributed by atoms with E-state index in [4.69, 9.17) is 16.6 Å². The smallest absolute Gasteiger partial charge is 0.138 e. The van der Waals surface area contributed by atoms with E-state index in [0.29, 0.717) is 11.4 Å². The van der Waals surface area contributed by atoms with Crippen LogP contribution in [0.15, 0.2) is 18.2 Å². The van der Waals surface area contributed by atoms with Crippen LogP contribution < -0.4 is 11.5 Å². The maximum atomic E-state index is 8.86. The van der Waals surface area contributed by atoms with E-state index in [-0.39, 0.29) is 55.4 Å². The maximum absolute atomic E-state index is 8.86. The molecule has 0 spiro atoms. The summed E-state index contributed by atoms with van der Waals surface area (Å²) in [6.45, 7) is 0. The van der Waals surface area contributed by atoms with E-state index < -0.39 is 0 Å². The first-order valence-electron chi connectivity index (χ1n) is 2.54. The first kappa shape index (κ1) is 23.0. The van der Waals surface area contributed by atoms with Gasteiger partial charge in [-0.05, 0) is 18.2 Å². The Morgan fingerprint density at radius 1 is 0.923 bits per heavy atom. The number of benzene rings is 1. The number of aromatic hydroxyl groups is 1. The summed E-state index contributed by atoms with van der Waals surface area (Å²) in [6, 6.07) is 4.56. The van der Waals surface area contributed by atoms with Gasteiger partial charge in [0, 0.05) is 5.69 Å². The monoisotopic (exact) mass is 268 g/mol. The van der Waals surface area contributed by atoms with Crippen LogP contribution in [0.4, 0.5) is 11.4 Å². The second-order valence-electron chi connectivity index (χ2n) is 1.82. The normalized spacial score (nSPS) is 6.46. The largest absolute Gasteiger partial charge is 0.506 e. The maximum Gasteiger partial charge on any atom is 0.138 e. The summed E-state index contributed by atoms with van der Waals surface area (Å²) in [7, 11) is 0. The van der Waals surface area contributed by atoms with Crippen molar-refractivity contribution in [1.29, 1.82) is 0 Å². The molecule has 0 bridgehead atoms. The van der Waals surface area contributed by atoms with Gasteiger partial charge in [0.05, 0.1) is 5.69 Å². The highest BCUT2D eigenvalue weighted by Gasteiger charge is 1.93. The van der Waals surface area contributed by atoms with Crippen molar-refractivity contribution in [3.05, 3.63) is 18.2 Å². The second-order valence-corrected chi connectivity index (χ2v) is 1.82. The van der Waals surface area contributed by atoms with Crippen molar-refractivity contribution in [1.82, 2.24) is 0 Å². The van der Waals surface area contributed by atoms with Gasteiger partial charge in [0.15, 0.2) is 0 Å². The molecule has 0 fully saturated rings. The van der Waals surface area contributed by atoms with Gasteiger partial charge >= 0.3 is 0 Å². The molecule has 1 aromatic rings. The molecule has 0 unspecified atom stereocenters. The zero-order valence-electron chi connectivity index (χ0n) is 6.47. The Hall–Kier alpha value is -0.220. The Labute approximate surface area is 102 Å². The lowest BCUT2D eigenvalue weighted by atomic mass is 10.3. The lowest BCUT2D eigenvalue weighted by molar-refractivity contribution is 0.478. The molecule has 0 aliphatic carbocycles. The summed E-state index contributed by atoms with van der Waals surface area (Å²) in [5, 5.41) is 8.86. The van der Waals surface area contributed by atoms with Gasteiger partial charge in [0.2, 0.25) is 0 Å². The van der Waals surface area contributed by atoms with E-state index in [9.17, 15) is 0 Å². The molecule has 0 aliphatic rings. The van der Waals surface area contributed by atoms with Crippen molar-refractivity contribution in [3.63, 3.8) is 0 Å². The van der Waals surface area contributed by atoms with Crippen LogP contribution in [0.5, 0.6) is 5.75 Å². The summed E-state index contributed by atoms with van der Waals surface area (Å²) in [5.41, 5.74) is 11.5. The number of rotatable bonds is 0. The van der Waals surface area contributed by atoms with Crippen molar-refractivity contribution < 1.29 is 5.11 Å². The predicted molar refractivity (Wildman–Crippen MR) is 65.9 cm³/mol. The third kappa shape index (κ3) is 6.90. The molecule has 5 N–H and O–H groups in total. The molecule has 0 heterocycles. The van der Waals surface area contributed by atoms with E-state index >= 15 is 0 Å². The minimum Gasteiger partial charge on any atom is -0.506 e. The zero-order valence-corrected chi connectivity index (χ0v) is 9.73. The molecule has 0 aromatic heterocycles. The Kier molecular flexibility index (Phi) is 17.5. The summed E-state index contributed by atoms with van der Waals surface area (Å²) in [4.78, 5) is 0. The molecule has 0 amide bonds. The third-order valence-electron chi connectivity index (χ3n) is 1.05. The highest BCUT2D eigenvalue weighted by Crippen LogP contribution is 2.20. The van der Waals surface area contributed by atoms with Gasteiger partial charge in [-0.1, -0.05) is 0 Å². The molecule has 0 saturated heterocycles. The number of nitrogen functional groups attached to an aromatic ring is 2. The average molecular weight is 270 g/mol. The summed E-state index contributed by atoms with van der Waals surface area (Å²) >= 11 is 0. The molecule has 0 aliphatic heterocycles. The number of nitrogens with two attached hydrogens (primary N) is 2. The summed E-state index contributed by atoms with van der Waals surface area (Å²) in [5.74, 6) is 0.0733.